The quantitative estimate of drug-likeness (QED) is 0.661. The number of nitrogens with zero attached hydrogens (tertiary/aromatic N) is 5. The van der Waals surface area contributed by atoms with E-state index in [2.05, 4.69) is 15.0 Å². The number of carbonyl (C=O) groups excluding carboxylic acids is 1. The first-order valence-electron chi connectivity index (χ1n) is 9.28. The number of amides is 1. The minimum absolute atomic E-state index is 0.108. The number of rotatable bonds is 4. The summed E-state index contributed by atoms with van der Waals surface area (Å²) in [6.45, 7) is 4.15. The molecule has 0 radical (unpaired) electrons. The first-order chi connectivity index (χ1) is 14.2. The molecule has 0 bridgehead atoms. The van der Waals surface area contributed by atoms with Crippen LogP contribution in [0.4, 0.5) is 0 Å². The first kappa shape index (κ1) is 20.7. The van der Waals surface area contributed by atoms with Gasteiger partial charge in [-0.2, -0.15) is 5.10 Å². The molecule has 1 saturated heterocycles. The summed E-state index contributed by atoms with van der Waals surface area (Å²) in [6.07, 6.45) is 6.56. The molecule has 1 N–H and O–H groups in total. The van der Waals surface area contributed by atoms with Gasteiger partial charge < -0.3 is 10.0 Å². The van der Waals surface area contributed by atoms with Crippen LogP contribution in [0.1, 0.15) is 21.7 Å². The van der Waals surface area contributed by atoms with Crippen molar-refractivity contribution in [2.24, 2.45) is 0 Å². The molecule has 29 heavy (non-hydrogen) atoms. The molecule has 0 saturated carbocycles. The minimum atomic E-state index is -0.250. The predicted molar refractivity (Wildman–Crippen MR) is 110 cm³/mol. The topological polar surface area (TPSA) is 91.6 Å². The van der Waals surface area contributed by atoms with Crippen molar-refractivity contribution < 1.29 is 14.7 Å². The highest BCUT2D eigenvalue weighted by Crippen LogP contribution is 2.15. The number of carboxylic acid groups (broad SMARTS) is 1. The number of thiazole rings is 1. The van der Waals surface area contributed by atoms with Crippen LogP contribution >= 0.6 is 11.3 Å². The Labute approximate surface area is 173 Å². The molecule has 1 aromatic carbocycles. The first-order valence-corrected chi connectivity index (χ1v) is 10.2. The van der Waals surface area contributed by atoms with Gasteiger partial charge in [-0.3, -0.25) is 19.5 Å². The normalized spacial score (nSPS) is 14.6. The summed E-state index contributed by atoms with van der Waals surface area (Å²) < 4.78 is 1.79. The van der Waals surface area contributed by atoms with E-state index in [4.69, 9.17) is 9.90 Å². The lowest BCUT2D eigenvalue weighted by molar-refractivity contribution is -0.122. The van der Waals surface area contributed by atoms with Gasteiger partial charge in [0.2, 0.25) is 0 Å². The minimum Gasteiger partial charge on any atom is -0.483 e. The molecule has 1 amide bonds. The van der Waals surface area contributed by atoms with Crippen molar-refractivity contribution in [2.45, 2.75) is 13.0 Å². The monoisotopic (exact) mass is 413 g/mol. The maximum Gasteiger partial charge on any atom is 0.290 e. The van der Waals surface area contributed by atoms with Crippen LogP contribution in [-0.4, -0.2) is 68.2 Å². The Kier molecular flexibility index (Phi) is 7.48. The third-order valence-corrected chi connectivity index (χ3v) is 5.39. The average Bonchev–Trinajstić information content (AvgIpc) is 3.40. The number of carbonyl (C=O) groups is 2. The highest BCUT2D eigenvalue weighted by Gasteiger charge is 2.20. The molecule has 3 heterocycles. The zero-order valence-electron chi connectivity index (χ0n) is 15.9. The largest absolute Gasteiger partial charge is 0.483 e. The van der Waals surface area contributed by atoms with Gasteiger partial charge in [-0.1, -0.05) is 0 Å². The number of hydrogen-bond donors (Lipinski definition) is 1. The van der Waals surface area contributed by atoms with Gasteiger partial charge >= 0.3 is 0 Å². The van der Waals surface area contributed by atoms with Crippen LogP contribution in [0.25, 0.3) is 5.69 Å². The zero-order chi connectivity index (χ0) is 20.5. The number of hydrogen-bond acceptors (Lipinski definition) is 6. The van der Waals surface area contributed by atoms with Crippen molar-refractivity contribution in [1.29, 1.82) is 0 Å². The third-order valence-electron chi connectivity index (χ3n) is 4.62. The van der Waals surface area contributed by atoms with Gasteiger partial charge in [0, 0.05) is 61.8 Å². The second-order valence-electron chi connectivity index (χ2n) is 6.49. The summed E-state index contributed by atoms with van der Waals surface area (Å²) >= 11 is 1.69. The van der Waals surface area contributed by atoms with Crippen molar-refractivity contribution in [3.05, 3.63) is 64.9 Å². The summed E-state index contributed by atoms with van der Waals surface area (Å²) in [6, 6.07) is 9.54. The fraction of sp³-hybridized carbons (Fsp3) is 0.300. The molecule has 152 valence electrons. The van der Waals surface area contributed by atoms with Crippen LogP contribution < -0.4 is 0 Å². The molecule has 4 rings (SSSR count). The molecular formula is C20H23N5O3S. The summed E-state index contributed by atoms with van der Waals surface area (Å²) in [4.78, 5) is 31.0. The number of aromatic nitrogens is 3. The van der Waals surface area contributed by atoms with Gasteiger partial charge in [0.05, 0.1) is 11.2 Å². The second kappa shape index (κ2) is 10.5. The fourth-order valence-electron chi connectivity index (χ4n) is 3.23. The molecule has 1 aliphatic rings. The third kappa shape index (κ3) is 5.72. The van der Waals surface area contributed by atoms with Gasteiger partial charge in [0.25, 0.3) is 12.4 Å². The van der Waals surface area contributed by atoms with E-state index in [0.29, 0.717) is 0 Å². The molecule has 2 aromatic heterocycles. The Balaban J connectivity index is 0.000000755. The van der Waals surface area contributed by atoms with Gasteiger partial charge in [-0.15, -0.1) is 11.3 Å². The van der Waals surface area contributed by atoms with Crippen LogP contribution in [0.5, 0.6) is 0 Å². The Hall–Kier alpha value is -3.04. The molecule has 8 nitrogen and oxygen atoms in total. The standard InChI is InChI=1S/C19H21N5OS.CH2O2/c25-19(16-3-5-17(6-4-16)24-10-1-7-21-24)23-9-2-8-22(11-12-23)14-18-13-20-15-26-18;2-1-3/h1,3-7,10,13,15H,2,8-9,11-12,14H2;1H,(H,2,3). The molecular weight excluding hydrogens is 390 g/mol. The molecule has 0 unspecified atom stereocenters. The molecule has 1 aliphatic heterocycles. The van der Waals surface area contributed by atoms with E-state index < -0.39 is 0 Å². The smallest absolute Gasteiger partial charge is 0.290 e. The van der Waals surface area contributed by atoms with Crippen LogP contribution in [-0.2, 0) is 11.3 Å². The van der Waals surface area contributed by atoms with Crippen molar-refractivity contribution in [3.63, 3.8) is 0 Å². The van der Waals surface area contributed by atoms with Crippen LogP contribution in [0.2, 0.25) is 0 Å². The van der Waals surface area contributed by atoms with Gasteiger partial charge in [0.15, 0.2) is 0 Å². The Morgan fingerprint density at radius 1 is 1.17 bits per heavy atom. The predicted octanol–water partition coefficient (Wildman–Crippen LogP) is 2.38. The second-order valence-corrected chi connectivity index (χ2v) is 7.46. The Morgan fingerprint density at radius 2 is 1.97 bits per heavy atom. The molecule has 1 fully saturated rings. The summed E-state index contributed by atoms with van der Waals surface area (Å²) in [5, 5.41) is 11.1. The van der Waals surface area contributed by atoms with E-state index >= 15 is 0 Å². The van der Waals surface area contributed by atoms with Gasteiger partial charge in [-0.25, -0.2) is 4.68 Å². The average molecular weight is 414 g/mol. The zero-order valence-corrected chi connectivity index (χ0v) is 16.7. The van der Waals surface area contributed by atoms with Crippen LogP contribution in [0.3, 0.4) is 0 Å². The van der Waals surface area contributed by atoms with E-state index in [1.807, 2.05) is 53.1 Å². The highest BCUT2D eigenvalue weighted by molar-refractivity contribution is 7.09. The van der Waals surface area contributed by atoms with Gasteiger partial charge in [0.1, 0.15) is 0 Å². The van der Waals surface area contributed by atoms with Crippen LogP contribution in [0, 0.1) is 0 Å². The number of benzene rings is 1. The maximum absolute atomic E-state index is 12.9. The lowest BCUT2D eigenvalue weighted by Crippen LogP contribution is -2.35. The molecule has 0 aliphatic carbocycles. The fourth-order valence-corrected chi connectivity index (χ4v) is 3.87. The summed E-state index contributed by atoms with van der Waals surface area (Å²) in [5.74, 6) is 0.108. The van der Waals surface area contributed by atoms with Crippen LogP contribution in [0.15, 0.2) is 54.4 Å². The molecule has 0 atom stereocenters. The molecule has 9 heteroatoms. The Bertz CT molecular complexity index is 882. The maximum atomic E-state index is 12.9. The van der Waals surface area contributed by atoms with Crippen molar-refractivity contribution in [1.82, 2.24) is 24.6 Å². The van der Waals surface area contributed by atoms with Crippen molar-refractivity contribution in [3.8, 4) is 5.69 Å². The lowest BCUT2D eigenvalue weighted by Gasteiger charge is -2.21. The summed E-state index contributed by atoms with van der Waals surface area (Å²) in [5.41, 5.74) is 3.56. The van der Waals surface area contributed by atoms with E-state index in [0.717, 1.165) is 50.4 Å². The summed E-state index contributed by atoms with van der Waals surface area (Å²) in [7, 11) is 0. The Morgan fingerprint density at radius 3 is 2.62 bits per heavy atom. The van der Waals surface area contributed by atoms with E-state index in [1.165, 1.54) is 4.88 Å². The van der Waals surface area contributed by atoms with Crippen molar-refractivity contribution in [2.75, 3.05) is 26.2 Å². The van der Waals surface area contributed by atoms with Gasteiger partial charge in [-0.05, 0) is 36.8 Å². The van der Waals surface area contributed by atoms with E-state index in [9.17, 15) is 4.79 Å². The highest BCUT2D eigenvalue weighted by atomic mass is 32.1. The molecule has 0 spiro atoms. The van der Waals surface area contributed by atoms with E-state index in [1.54, 1.807) is 22.2 Å². The van der Waals surface area contributed by atoms with E-state index in [-0.39, 0.29) is 12.4 Å². The van der Waals surface area contributed by atoms with Crippen molar-refractivity contribution >= 4 is 23.7 Å². The SMILES string of the molecule is O=C(c1ccc(-n2cccn2)cc1)N1CCCN(Cc2cncs2)CC1.O=CO. The molecule has 3 aromatic rings. The lowest BCUT2D eigenvalue weighted by atomic mass is 10.1.